The van der Waals surface area contributed by atoms with Gasteiger partial charge in [-0.15, -0.1) is 0 Å². The van der Waals surface area contributed by atoms with E-state index in [1.165, 1.54) is 0 Å². The van der Waals surface area contributed by atoms with Crippen LogP contribution in [0, 0.1) is 11.3 Å². The van der Waals surface area contributed by atoms with Crippen LogP contribution in [0.2, 0.25) is 0 Å². The van der Waals surface area contributed by atoms with E-state index in [2.05, 4.69) is 9.97 Å². The Morgan fingerprint density at radius 3 is 2.83 bits per heavy atom. The summed E-state index contributed by atoms with van der Waals surface area (Å²) in [5.41, 5.74) is 1.71. The number of hydrogen-bond donors (Lipinski definition) is 2. The lowest BCUT2D eigenvalue weighted by molar-refractivity contribution is 0.0492. The maximum Gasteiger partial charge on any atom is 0.355 e. The number of H-pyrrole nitrogens is 1. The van der Waals surface area contributed by atoms with Crippen molar-refractivity contribution in [1.82, 2.24) is 14.5 Å². The summed E-state index contributed by atoms with van der Waals surface area (Å²) >= 11 is 0. The highest BCUT2D eigenvalue weighted by Gasteiger charge is 2.16. The van der Waals surface area contributed by atoms with Gasteiger partial charge in [0, 0.05) is 13.2 Å². The molecule has 2 heterocycles. The number of aromatic amines is 1. The molecular weight excluding hydrogens is 308 g/mol. The number of allylic oxidation sites excluding steroid dienone is 1. The van der Waals surface area contributed by atoms with Gasteiger partial charge >= 0.3 is 5.97 Å². The molecule has 0 radical (unpaired) electrons. The molecular formula is C17H14N4O3. The van der Waals surface area contributed by atoms with Gasteiger partial charge in [0.15, 0.2) is 11.6 Å². The molecule has 0 aliphatic rings. The van der Waals surface area contributed by atoms with E-state index in [0.29, 0.717) is 11.2 Å². The van der Waals surface area contributed by atoms with Gasteiger partial charge in [-0.2, -0.15) is 5.26 Å². The third-order valence-corrected chi connectivity index (χ3v) is 3.52. The standard InChI is InChI=1S/C17H14N4O3/c1-21-8-4-7-14(21)17(23)24-10-15(22)11(9-18)16-19-12-5-2-3-6-13(12)20-16/h2-8,22H,10H2,1H3,(H,19,20). The van der Waals surface area contributed by atoms with Crippen LogP contribution in [0.1, 0.15) is 16.3 Å². The zero-order chi connectivity index (χ0) is 17.1. The van der Waals surface area contributed by atoms with E-state index < -0.39 is 12.6 Å². The van der Waals surface area contributed by atoms with Gasteiger partial charge in [0.25, 0.3) is 0 Å². The summed E-state index contributed by atoms with van der Waals surface area (Å²) in [6.45, 7) is -0.413. The smallest absolute Gasteiger partial charge is 0.355 e. The first-order valence-electron chi connectivity index (χ1n) is 7.16. The van der Waals surface area contributed by atoms with Crippen molar-refractivity contribution in [1.29, 1.82) is 5.26 Å². The predicted octanol–water partition coefficient (Wildman–Crippen LogP) is 2.55. The Morgan fingerprint density at radius 2 is 2.17 bits per heavy atom. The molecule has 7 nitrogen and oxygen atoms in total. The van der Waals surface area contributed by atoms with Crippen LogP contribution in [-0.4, -0.2) is 32.2 Å². The predicted molar refractivity (Wildman–Crippen MR) is 87.0 cm³/mol. The number of imidazole rings is 1. The van der Waals surface area contributed by atoms with Gasteiger partial charge in [-0.05, 0) is 24.3 Å². The average molecular weight is 322 g/mol. The van der Waals surface area contributed by atoms with Crippen LogP contribution in [0.25, 0.3) is 16.6 Å². The Kier molecular flexibility index (Phi) is 4.03. The first-order valence-corrected chi connectivity index (χ1v) is 7.16. The number of benzene rings is 1. The lowest BCUT2D eigenvalue weighted by atomic mass is 10.2. The number of fused-ring (bicyclic) bond motifs is 1. The number of nitrogens with one attached hydrogen (secondary N) is 1. The summed E-state index contributed by atoms with van der Waals surface area (Å²) in [5, 5.41) is 19.4. The highest BCUT2D eigenvalue weighted by molar-refractivity contribution is 5.88. The van der Waals surface area contributed by atoms with Gasteiger partial charge in [-0.1, -0.05) is 12.1 Å². The van der Waals surface area contributed by atoms with Crippen LogP contribution in [0.15, 0.2) is 48.4 Å². The van der Waals surface area contributed by atoms with Crippen LogP contribution in [0.5, 0.6) is 0 Å². The molecule has 24 heavy (non-hydrogen) atoms. The topological polar surface area (TPSA) is 104 Å². The second-order valence-corrected chi connectivity index (χ2v) is 5.12. The lowest BCUT2D eigenvalue weighted by Gasteiger charge is -2.06. The normalized spacial score (nSPS) is 11.8. The Labute approximate surface area is 137 Å². The Balaban J connectivity index is 1.81. The average Bonchev–Trinajstić information content (AvgIpc) is 3.19. The number of nitrogens with zero attached hydrogens (tertiary/aromatic N) is 3. The number of aromatic nitrogens is 3. The molecule has 120 valence electrons. The van der Waals surface area contributed by atoms with E-state index in [4.69, 9.17) is 4.74 Å². The lowest BCUT2D eigenvalue weighted by Crippen LogP contribution is -2.12. The number of hydrogen-bond acceptors (Lipinski definition) is 5. The van der Waals surface area contributed by atoms with Crippen LogP contribution >= 0.6 is 0 Å². The van der Waals surface area contributed by atoms with Crippen molar-refractivity contribution in [2.24, 2.45) is 7.05 Å². The maximum atomic E-state index is 11.9. The Morgan fingerprint density at radius 1 is 1.38 bits per heavy atom. The number of para-hydroxylation sites is 2. The zero-order valence-corrected chi connectivity index (χ0v) is 12.9. The highest BCUT2D eigenvalue weighted by Crippen LogP contribution is 2.19. The molecule has 0 unspecified atom stereocenters. The molecule has 0 spiro atoms. The molecule has 1 aromatic carbocycles. The molecule has 0 aliphatic heterocycles. The minimum atomic E-state index is -0.587. The molecule has 0 bridgehead atoms. The number of rotatable bonds is 4. The number of aryl methyl sites for hydroxylation is 1. The van der Waals surface area contributed by atoms with Gasteiger partial charge in [0.2, 0.25) is 0 Å². The number of nitriles is 1. The van der Waals surface area contributed by atoms with Crippen molar-refractivity contribution in [2.75, 3.05) is 6.61 Å². The summed E-state index contributed by atoms with van der Waals surface area (Å²) in [4.78, 5) is 19.1. The number of aliphatic hydroxyl groups is 1. The summed E-state index contributed by atoms with van der Waals surface area (Å²) < 4.78 is 6.65. The minimum Gasteiger partial charge on any atom is -0.507 e. The largest absolute Gasteiger partial charge is 0.507 e. The molecule has 7 heteroatoms. The second kappa shape index (κ2) is 6.30. The summed E-state index contributed by atoms with van der Waals surface area (Å²) in [7, 11) is 1.71. The van der Waals surface area contributed by atoms with Crippen molar-refractivity contribution in [3.8, 4) is 6.07 Å². The fourth-order valence-electron chi connectivity index (χ4n) is 2.28. The van der Waals surface area contributed by atoms with Crippen molar-refractivity contribution >= 4 is 22.6 Å². The van der Waals surface area contributed by atoms with Crippen molar-refractivity contribution in [3.63, 3.8) is 0 Å². The van der Waals surface area contributed by atoms with Crippen molar-refractivity contribution in [2.45, 2.75) is 0 Å². The number of carbonyl (C=O) groups is 1. The molecule has 0 atom stereocenters. The van der Waals surface area contributed by atoms with Gasteiger partial charge in [-0.25, -0.2) is 9.78 Å². The van der Waals surface area contributed by atoms with Crippen LogP contribution < -0.4 is 0 Å². The Hall–Kier alpha value is -3.53. The number of carbonyl (C=O) groups excluding carboxylic acids is 1. The summed E-state index contributed by atoms with van der Waals surface area (Å²) in [5.74, 6) is -0.721. The number of esters is 1. The molecule has 2 aromatic heterocycles. The van der Waals surface area contributed by atoms with Crippen LogP contribution in [0.4, 0.5) is 0 Å². The van der Waals surface area contributed by atoms with Crippen molar-refractivity contribution < 1.29 is 14.6 Å². The van der Waals surface area contributed by atoms with Gasteiger partial charge < -0.3 is 19.4 Å². The van der Waals surface area contributed by atoms with E-state index in [0.717, 1.165) is 5.52 Å². The Bertz CT molecular complexity index is 942. The molecule has 3 rings (SSSR count). The van der Waals surface area contributed by atoms with E-state index in [-0.39, 0.29) is 17.2 Å². The summed E-state index contributed by atoms with van der Waals surface area (Å²) in [6.07, 6.45) is 1.71. The minimum absolute atomic E-state index is 0.0640. The van der Waals surface area contributed by atoms with E-state index >= 15 is 0 Å². The zero-order valence-electron chi connectivity index (χ0n) is 12.9. The van der Waals surface area contributed by atoms with Crippen LogP contribution in [-0.2, 0) is 11.8 Å². The molecule has 2 N–H and O–H groups in total. The van der Waals surface area contributed by atoms with Gasteiger partial charge in [0.1, 0.15) is 23.9 Å². The third-order valence-electron chi connectivity index (χ3n) is 3.52. The maximum absolute atomic E-state index is 11.9. The number of aliphatic hydroxyl groups excluding tert-OH is 1. The van der Waals surface area contributed by atoms with E-state index in [1.807, 2.05) is 24.3 Å². The SMILES string of the molecule is Cn1cccc1C(=O)OCC(O)=C(C#N)c1nc2ccccc2[nH]1. The van der Waals surface area contributed by atoms with Crippen molar-refractivity contribution in [3.05, 3.63) is 59.9 Å². The molecule has 0 fully saturated rings. The molecule has 0 saturated heterocycles. The monoisotopic (exact) mass is 322 g/mol. The quantitative estimate of drug-likeness (QED) is 0.436. The van der Waals surface area contributed by atoms with E-state index in [9.17, 15) is 15.2 Å². The van der Waals surface area contributed by atoms with Gasteiger partial charge in [0.05, 0.1) is 11.0 Å². The first-order chi connectivity index (χ1) is 11.6. The van der Waals surface area contributed by atoms with E-state index in [1.54, 1.807) is 36.0 Å². The molecule has 0 aliphatic carbocycles. The fourth-order valence-corrected chi connectivity index (χ4v) is 2.28. The fraction of sp³-hybridized carbons (Fsp3) is 0.118. The first kappa shape index (κ1) is 15.4. The molecule has 0 amide bonds. The highest BCUT2D eigenvalue weighted by atomic mass is 16.5. The van der Waals surface area contributed by atoms with Gasteiger partial charge in [-0.3, -0.25) is 0 Å². The third kappa shape index (κ3) is 2.85. The van der Waals surface area contributed by atoms with Crippen LogP contribution in [0.3, 0.4) is 0 Å². The second-order valence-electron chi connectivity index (χ2n) is 5.12. The molecule has 3 aromatic rings. The molecule has 0 saturated carbocycles. The summed E-state index contributed by atoms with van der Waals surface area (Å²) in [6, 6.07) is 12.5. The number of ether oxygens (including phenoxy) is 1.